The maximum Gasteiger partial charge on any atom is 0.191 e. The quantitative estimate of drug-likeness (QED) is 0.630. The van der Waals surface area contributed by atoms with E-state index >= 15 is 0 Å². The molecule has 0 aliphatic heterocycles. The van der Waals surface area contributed by atoms with Gasteiger partial charge < -0.3 is 10.5 Å². The van der Waals surface area contributed by atoms with Gasteiger partial charge in [-0.25, -0.2) is 8.78 Å². The van der Waals surface area contributed by atoms with Crippen LogP contribution in [0.5, 0.6) is 5.75 Å². The average molecular weight is 242 g/mol. The van der Waals surface area contributed by atoms with Crippen LogP contribution in [0.25, 0.3) is 0 Å². The zero-order valence-electron chi connectivity index (χ0n) is 10.1. The maximum atomic E-state index is 13.6. The van der Waals surface area contributed by atoms with E-state index in [1.165, 1.54) is 0 Å². The fourth-order valence-electron chi connectivity index (χ4n) is 1.15. The minimum Gasteiger partial charge on any atom is -0.484 e. The standard InChI is InChI=1S/C12H16F2N2O/c1-6(2)7(3)17-11-9(13)4-8(12(15)16)5-10(11)14/h4-7H,1-3H3,(H3,15,16). The highest BCUT2D eigenvalue weighted by atomic mass is 19.1. The molecule has 94 valence electrons. The molecular formula is C12H16F2N2O. The molecule has 0 aliphatic rings. The summed E-state index contributed by atoms with van der Waals surface area (Å²) in [6, 6.07) is 1.99. The Balaban J connectivity index is 3.06. The lowest BCUT2D eigenvalue weighted by molar-refractivity contribution is 0.156. The molecule has 1 unspecified atom stereocenters. The summed E-state index contributed by atoms with van der Waals surface area (Å²) < 4.78 is 32.4. The summed E-state index contributed by atoms with van der Waals surface area (Å²) in [5, 5.41) is 7.11. The largest absolute Gasteiger partial charge is 0.484 e. The third kappa shape index (κ3) is 3.15. The molecule has 0 aromatic heterocycles. The van der Waals surface area contributed by atoms with Crippen molar-refractivity contribution in [3.63, 3.8) is 0 Å². The highest BCUT2D eigenvalue weighted by Gasteiger charge is 2.17. The molecule has 0 saturated heterocycles. The number of hydrogen-bond donors (Lipinski definition) is 2. The lowest BCUT2D eigenvalue weighted by Gasteiger charge is -2.19. The van der Waals surface area contributed by atoms with Crippen LogP contribution in [0.4, 0.5) is 8.78 Å². The van der Waals surface area contributed by atoms with Crippen molar-refractivity contribution in [3.8, 4) is 5.75 Å². The highest BCUT2D eigenvalue weighted by Crippen LogP contribution is 2.25. The van der Waals surface area contributed by atoms with Crippen LogP contribution in [-0.4, -0.2) is 11.9 Å². The van der Waals surface area contributed by atoms with E-state index in [0.29, 0.717) is 0 Å². The molecule has 0 saturated carbocycles. The van der Waals surface area contributed by atoms with E-state index in [2.05, 4.69) is 0 Å². The molecule has 0 bridgehead atoms. The van der Waals surface area contributed by atoms with Gasteiger partial charge in [0.1, 0.15) is 5.84 Å². The number of hydrogen-bond acceptors (Lipinski definition) is 2. The molecule has 0 amide bonds. The Morgan fingerprint density at radius 1 is 1.24 bits per heavy atom. The van der Waals surface area contributed by atoms with E-state index in [9.17, 15) is 8.78 Å². The van der Waals surface area contributed by atoms with Crippen LogP contribution in [-0.2, 0) is 0 Å². The summed E-state index contributed by atoms with van der Waals surface area (Å²) in [6.45, 7) is 5.53. The number of rotatable bonds is 4. The van der Waals surface area contributed by atoms with Crippen LogP contribution in [0, 0.1) is 23.0 Å². The summed E-state index contributed by atoms with van der Waals surface area (Å²) in [5.41, 5.74) is 5.16. The molecule has 3 N–H and O–H groups in total. The number of ether oxygens (including phenoxy) is 1. The Labute approximate surface area is 99.1 Å². The minimum absolute atomic E-state index is 0.00421. The van der Waals surface area contributed by atoms with Crippen molar-refractivity contribution in [3.05, 3.63) is 29.3 Å². The molecule has 1 rings (SSSR count). The van der Waals surface area contributed by atoms with Gasteiger partial charge in [-0.15, -0.1) is 0 Å². The molecule has 0 fully saturated rings. The topological polar surface area (TPSA) is 59.1 Å². The predicted octanol–water partition coefficient (Wildman–Crippen LogP) is 2.67. The first-order valence-corrected chi connectivity index (χ1v) is 5.33. The van der Waals surface area contributed by atoms with Gasteiger partial charge >= 0.3 is 0 Å². The smallest absolute Gasteiger partial charge is 0.191 e. The Bertz CT molecular complexity index is 410. The summed E-state index contributed by atoms with van der Waals surface area (Å²) in [6.07, 6.45) is -0.304. The molecule has 0 spiro atoms. The number of nitrogens with one attached hydrogen (secondary N) is 1. The van der Waals surface area contributed by atoms with E-state index in [1.54, 1.807) is 6.92 Å². The average Bonchev–Trinajstić information content (AvgIpc) is 2.22. The maximum absolute atomic E-state index is 13.6. The second-order valence-electron chi connectivity index (χ2n) is 4.25. The molecule has 3 nitrogen and oxygen atoms in total. The number of benzene rings is 1. The van der Waals surface area contributed by atoms with Crippen LogP contribution in [0.1, 0.15) is 26.3 Å². The molecule has 1 atom stereocenters. The molecular weight excluding hydrogens is 226 g/mol. The van der Waals surface area contributed by atoms with Crippen molar-refractivity contribution >= 4 is 5.84 Å². The summed E-state index contributed by atoms with van der Waals surface area (Å²) >= 11 is 0. The van der Waals surface area contributed by atoms with Gasteiger partial charge in [-0.2, -0.15) is 0 Å². The van der Waals surface area contributed by atoms with Crippen molar-refractivity contribution in [2.75, 3.05) is 0 Å². The van der Waals surface area contributed by atoms with Gasteiger partial charge in [0.05, 0.1) is 6.10 Å². The third-order valence-electron chi connectivity index (χ3n) is 2.55. The molecule has 5 heteroatoms. The van der Waals surface area contributed by atoms with Crippen LogP contribution in [0.3, 0.4) is 0 Å². The van der Waals surface area contributed by atoms with Gasteiger partial charge in [-0.05, 0) is 25.0 Å². The van der Waals surface area contributed by atoms with E-state index in [1.807, 2.05) is 13.8 Å². The fraction of sp³-hybridized carbons (Fsp3) is 0.417. The lowest BCUT2D eigenvalue weighted by Crippen LogP contribution is -2.20. The number of nitrogens with two attached hydrogens (primary N) is 1. The Morgan fingerprint density at radius 3 is 2.06 bits per heavy atom. The molecule has 1 aromatic rings. The van der Waals surface area contributed by atoms with Crippen LogP contribution >= 0.6 is 0 Å². The van der Waals surface area contributed by atoms with Gasteiger partial charge in [0, 0.05) is 5.56 Å². The van der Waals surface area contributed by atoms with Crippen LogP contribution < -0.4 is 10.5 Å². The normalized spacial score (nSPS) is 12.6. The second-order valence-corrected chi connectivity index (χ2v) is 4.25. The summed E-state index contributed by atoms with van der Waals surface area (Å²) in [4.78, 5) is 0. The third-order valence-corrected chi connectivity index (χ3v) is 2.55. The molecule has 17 heavy (non-hydrogen) atoms. The van der Waals surface area contributed by atoms with E-state index < -0.39 is 17.4 Å². The van der Waals surface area contributed by atoms with Crippen LogP contribution in [0.2, 0.25) is 0 Å². The Hall–Kier alpha value is -1.65. The van der Waals surface area contributed by atoms with Crippen molar-refractivity contribution in [1.82, 2.24) is 0 Å². The Morgan fingerprint density at radius 2 is 1.71 bits per heavy atom. The predicted molar refractivity (Wildman–Crippen MR) is 62.3 cm³/mol. The molecule has 0 aliphatic carbocycles. The van der Waals surface area contributed by atoms with E-state index in [4.69, 9.17) is 15.9 Å². The van der Waals surface area contributed by atoms with Crippen molar-refractivity contribution in [2.45, 2.75) is 26.9 Å². The van der Waals surface area contributed by atoms with E-state index in [-0.39, 0.29) is 23.4 Å². The first kappa shape index (κ1) is 13.4. The van der Waals surface area contributed by atoms with Gasteiger partial charge in [-0.3, -0.25) is 5.41 Å². The molecule has 1 aromatic carbocycles. The fourth-order valence-corrected chi connectivity index (χ4v) is 1.15. The lowest BCUT2D eigenvalue weighted by atomic mass is 10.1. The first-order chi connectivity index (χ1) is 7.82. The zero-order valence-corrected chi connectivity index (χ0v) is 10.1. The van der Waals surface area contributed by atoms with Gasteiger partial charge in [0.25, 0.3) is 0 Å². The van der Waals surface area contributed by atoms with Crippen molar-refractivity contribution < 1.29 is 13.5 Å². The summed E-state index contributed by atoms with van der Waals surface area (Å²) in [5.74, 6) is -2.35. The van der Waals surface area contributed by atoms with Crippen molar-refractivity contribution in [1.29, 1.82) is 5.41 Å². The monoisotopic (exact) mass is 242 g/mol. The SMILES string of the molecule is CC(C)C(C)Oc1c(F)cc(C(=N)N)cc1F. The molecule has 0 radical (unpaired) electrons. The second kappa shape index (κ2) is 5.12. The van der Waals surface area contributed by atoms with E-state index in [0.717, 1.165) is 12.1 Å². The van der Waals surface area contributed by atoms with Gasteiger partial charge in [0.2, 0.25) is 0 Å². The van der Waals surface area contributed by atoms with Gasteiger partial charge in [-0.1, -0.05) is 13.8 Å². The number of nitrogen functional groups attached to an aromatic ring is 1. The van der Waals surface area contributed by atoms with Crippen LogP contribution in [0.15, 0.2) is 12.1 Å². The number of amidine groups is 1. The highest BCUT2D eigenvalue weighted by molar-refractivity contribution is 5.95. The zero-order chi connectivity index (χ0) is 13.2. The van der Waals surface area contributed by atoms with Crippen molar-refractivity contribution in [2.24, 2.45) is 11.7 Å². The van der Waals surface area contributed by atoms with Gasteiger partial charge in [0.15, 0.2) is 17.4 Å². The number of halogens is 2. The summed E-state index contributed by atoms with van der Waals surface area (Å²) in [7, 11) is 0. The Kier molecular flexibility index (Phi) is 4.04. The molecule has 0 heterocycles. The first-order valence-electron chi connectivity index (χ1n) is 5.33. The minimum atomic E-state index is -0.845.